The van der Waals surface area contributed by atoms with Crippen LogP contribution in [0, 0.1) is 5.82 Å². The number of carbonyl (C=O) groups excluding carboxylic acids is 1. The van der Waals surface area contributed by atoms with Crippen molar-refractivity contribution in [1.82, 2.24) is 5.32 Å². The van der Waals surface area contributed by atoms with Crippen LogP contribution in [-0.2, 0) is 9.05 Å². The Bertz CT molecular complexity index is 542. The lowest BCUT2D eigenvalue weighted by Gasteiger charge is -2.09. The van der Waals surface area contributed by atoms with E-state index in [1.807, 2.05) is 0 Å². The largest absolute Gasteiger partial charge is 0.350 e. The minimum Gasteiger partial charge on any atom is -0.350 e. The summed E-state index contributed by atoms with van der Waals surface area (Å²) in [6, 6.07) is 2.60. The molecule has 1 N–H and O–H groups in total. The third-order valence-corrected chi connectivity index (χ3v) is 3.17. The molecule has 0 spiro atoms. The second-order valence-electron chi connectivity index (χ2n) is 3.74. The fourth-order valence-electron chi connectivity index (χ4n) is 1.18. The van der Waals surface area contributed by atoms with Gasteiger partial charge in [0.2, 0.25) is 0 Å². The summed E-state index contributed by atoms with van der Waals surface area (Å²) in [5, 5.41) is 2.52. The Balaban J connectivity index is 3.19. The van der Waals surface area contributed by atoms with Crippen LogP contribution in [-0.4, -0.2) is 20.4 Å². The molecule has 0 aliphatic heterocycles. The molecule has 0 aliphatic rings. The van der Waals surface area contributed by atoms with E-state index in [2.05, 4.69) is 5.32 Å². The van der Waals surface area contributed by atoms with Crippen molar-refractivity contribution in [2.24, 2.45) is 0 Å². The summed E-state index contributed by atoms with van der Waals surface area (Å²) < 4.78 is 35.3. The summed E-state index contributed by atoms with van der Waals surface area (Å²) in [6.07, 6.45) is 0. The Hall–Kier alpha value is -1.14. The average molecular weight is 280 g/mol. The Labute approximate surface area is 103 Å². The van der Waals surface area contributed by atoms with Gasteiger partial charge in [0, 0.05) is 22.3 Å². The SMILES string of the molecule is CC(C)NC(=O)c1cc(F)cc(S(=O)(=O)Cl)c1. The van der Waals surface area contributed by atoms with Gasteiger partial charge in [0.25, 0.3) is 15.0 Å². The second-order valence-corrected chi connectivity index (χ2v) is 6.31. The predicted molar refractivity (Wildman–Crippen MR) is 62.0 cm³/mol. The molecule has 0 saturated carbocycles. The van der Waals surface area contributed by atoms with Crippen LogP contribution in [0.15, 0.2) is 23.1 Å². The predicted octanol–water partition coefficient (Wildman–Crippen LogP) is 1.89. The molecule has 1 amide bonds. The lowest BCUT2D eigenvalue weighted by Crippen LogP contribution is -2.30. The van der Waals surface area contributed by atoms with Crippen molar-refractivity contribution in [3.63, 3.8) is 0 Å². The molecule has 0 aromatic heterocycles. The third kappa shape index (κ3) is 3.98. The van der Waals surface area contributed by atoms with Gasteiger partial charge in [-0.1, -0.05) is 0 Å². The highest BCUT2D eigenvalue weighted by Crippen LogP contribution is 2.18. The van der Waals surface area contributed by atoms with Crippen LogP contribution in [0.3, 0.4) is 0 Å². The number of benzene rings is 1. The van der Waals surface area contributed by atoms with Crippen molar-refractivity contribution in [3.8, 4) is 0 Å². The molecule has 0 heterocycles. The molecule has 0 radical (unpaired) electrons. The number of hydrogen-bond donors (Lipinski definition) is 1. The maximum atomic E-state index is 13.2. The summed E-state index contributed by atoms with van der Waals surface area (Å²) in [6.45, 7) is 3.47. The molecule has 17 heavy (non-hydrogen) atoms. The van der Waals surface area contributed by atoms with Crippen molar-refractivity contribution in [1.29, 1.82) is 0 Å². The zero-order valence-corrected chi connectivity index (χ0v) is 10.8. The number of nitrogens with one attached hydrogen (secondary N) is 1. The van der Waals surface area contributed by atoms with E-state index in [9.17, 15) is 17.6 Å². The van der Waals surface area contributed by atoms with Crippen LogP contribution in [0.2, 0.25) is 0 Å². The normalized spacial score (nSPS) is 11.6. The zero-order valence-electron chi connectivity index (χ0n) is 9.20. The summed E-state index contributed by atoms with van der Waals surface area (Å²) in [5.41, 5.74) is -0.0853. The standard InChI is InChI=1S/C10H11ClFNO3S/c1-6(2)13-10(14)7-3-8(12)5-9(4-7)17(11,15)16/h3-6H,1-2H3,(H,13,14). The quantitative estimate of drug-likeness (QED) is 0.860. The fourth-order valence-corrected chi connectivity index (χ4v) is 1.97. The highest BCUT2D eigenvalue weighted by Gasteiger charge is 2.16. The first-order valence-corrected chi connectivity index (χ1v) is 7.07. The van der Waals surface area contributed by atoms with E-state index < -0.39 is 25.7 Å². The summed E-state index contributed by atoms with van der Waals surface area (Å²) in [5.74, 6) is -1.39. The molecule has 0 atom stereocenters. The molecular weight excluding hydrogens is 269 g/mol. The average Bonchev–Trinajstić information content (AvgIpc) is 2.14. The van der Waals surface area contributed by atoms with Gasteiger partial charge < -0.3 is 5.32 Å². The molecule has 1 aromatic carbocycles. The van der Waals surface area contributed by atoms with Gasteiger partial charge in [-0.15, -0.1) is 0 Å². The molecule has 0 unspecified atom stereocenters. The topological polar surface area (TPSA) is 63.2 Å². The lowest BCUT2D eigenvalue weighted by molar-refractivity contribution is 0.0942. The maximum Gasteiger partial charge on any atom is 0.261 e. The molecule has 94 valence electrons. The van der Waals surface area contributed by atoms with Gasteiger partial charge in [0.05, 0.1) is 4.90 Å². The van der Waals surface area contributed by atoms with E-state index in [1.165, 1.54) is 0 Å². The van der Waals surface area contributed by atoms with Crippen LogP contribution < -0.4 is 5.32 Å². The Morgan fingerprint density at radius 3 is 2.41 bits per heavy atom. The highest BCUT2D eigenvalue weighted by atomic mass is 35.7. The summed E-state index contributed by atoms with van der Waals surface area (Å²) >= 11 is 0. The number of amides is 1. The van der Waals surface area contributed by atoms with E-state index in [1.54, 1.807) is 13.8 Å². The molecule has 0 bridgehead atoms. The molecule has 1 rings (SSSR count). The molecule has 0 fully saturated rings. The van der Waals surface area contributed by atoms with Crippen molar-refractivity contribution < 1.29 is 17.6 Å². The van der Waals surface area contributed by atoms with Gasteiger partial charge in [0.1, 0.15) is 5.82 Å². The van der Waals surface area contributed by atoms with Crippen molar-refractivity contribution >= 4 is 25.6 Å². The lowest BCUT2D eigenvalue weighted by atomic mass is 10.2. The van der Waals surface area contributed by atoms with Gasteiger partial charge in [0.15, 0.2) is 0 Å². The third-order valence-electron chi connectivity index (χ3n) is 1.83. The van der Waals surface area contributed by atoms with Gasteiger partial charge in [-0.05, 0) is 32.0 Å². The monoisotopic (exact) mass is 279 g/mol. The highest BCUT2D eigenvalue weighted by molar-refractivity contribution is 8.13. The molecule has 0 aliphatic carbocycles. The smallest absolute Gasteiger partial charge is 0.261 e. The second kappa shape index (κ2) is 5.01. The molecule has 1 aromatic rings. The van der Waals surface area contributed by atoms with E-state index in [0.717, 1.165) is 18.2 Å². The number of carbonyl (C=O) groups is 1. The van der Waals surface area contributed by atoms with Gasteiger partial charge in [-0.3, -0.25) is 4.79 Å². The summed E-state index contributed by atoms with van der Waals surface area (Å²) in [4.78, 5) is 11.1. The van der Waals surface area contributed by atoms with E-state index in [4.69, 9.17) is 10.7 Å². The first kappa shape index (κ1) is 13.9. The number of rotatable bonds is 3. The first-order chi connectivity index (χ1) is 7.70. The zero-order chi connectivity index (χ0) is 13.2. The molecule has 7 heteroatoms. The molecular formula is C10H11ClFNO3S. The van der Waals surface area contributed by atoms with Crippen LogP contribution in [0.25, 0.3) is 0 Å². The van der Waals surface area contributed by atoms with Crippen molar-refractivity contribution in [2.75, 3.05) is 0 Å². The minimum absolute atomic E-state index is 0.0853. The Morgan fingerprint density at radius 1 is 1.35 bits per heavy atom. The maximum absolute atomic E-state index is 13.2. The van der Waals surface area contributed by atoms with E-state index >= 15 is 0 Å². The van der Waals surface area contributed by atoms with Gasteiger partial charge in [-0.2, -0.15) is 0 Å². The minimum atomic E-state index is -4.06. The van der Waals surface area contributed by atoms with E-state index in [0.29, 0.717) is 0 Å². The van der Waals surface area contributed by atoms with Crippen LogP contribution >= 0.6 is 10.7 Å². The number of halogens is 2. The van der Waals surface area contributed by atoms with Gasteiger partial charge in [-0.25, -0.2) is 12.8 Å². The van der Waals surface area contributed by atoms with E-state index in [-0.39, 0.29) is 11.6 Å². The number of hydrogen-bond acceptors (Lipinski definition) is 3. The first-order valence-electron chi connectivity index (χ1n) is 4.76. The fraction of sp³-hybridized carbons (Fsp3) is 0.300. The Morgan fingerprint density at radius 2 is 1.94 bits per heavy atom. The molecule has 4 nitrogen and oxygen atoms in total. The van der Waals surface area contributed by atoms with Crippen LogP contribution in [0.1, 0.15) is 24.2 Å². The Kier molecular flexibility index (Phi) is 4.11. The van der Waals surface area contributed by atoms with Crippen molar-refractivity contribution in [3.05, 3.63) is 29.6 Å². The summed E-state index contributed by atoms with van der Waals surface area (Å²) in [7, 11) is 1.03. The van der Waals surface area contributed by atoms with Crippen LogP contribution in [0.5, 0.6) is 0 Å². The van der Waals surface area contributed by atoms with Crippen molar-refractivity contribution in [2.45, 2.75) is 24.8 Å². The van der Waals surface area contributed by atoms with Gasteiger partial charge >= 0.3 is 0 Å². The molecule has 0 saturated heterocycles. The van der Waals surface area contributed by atoms with Crippen LogP contribution in [0.4, 0.5) is 4.39 Å².